The Morgan fingerprint density at radius 2 is 1.85 bits per heavy atom. The van der Waals surface area contributed by atoms with Crippen molar-refractivity contribution in [2.45, 2.75) is 13.8 Å². The van der Waals surface area contributed by atoms with E-state index in [1.165, 1.54) is 22.5 Å². The number of piperazine rings is 1. The van der Waals surface area contributed by atoms with Crippen LogP contribution in [0.25, 0.3) is 0 Å². The lowest BCUT2D eigenvalue weighted by atomic mass is 10.1. The third kappa shape index (κ3) is 5.30. The maximum absolute atomic E-state index is 12.4. The summed E-state index contributed by atoms with van der Waals surface area (Å²) in [7, 11) is 0. The molecule has 0 unspecified atom stereocenters. The number of aryl methyl sites for hydroxylation is 2. The molecule has 0 bridgehead atoms. The van der Waals surface area contributed by atoms with Crippen molar-refractivity contribution in [3.8, 4) is 0 Å². The fourth-order valence-corrected chi connectivity index (χ4v) is 3.66. The predicted octanol–water partition coefficient (Wildman–Crippen LogP) is 2.94. The van der Waals surface area contributed by atoms with Gasteiger partial charge in [0.15, 0.2) is 0 Å². The Labute approximate surface area is 164 Å². The lowest BCUT2D eigenvalue weighted by molar-refractivity contribution is 0.0943. The quantitative estimate of drug-likeness (QED) is 0.830. The van der Waals surface area contributed by atoms with Crippen molar-refractivity contribution < 1.29 is 9.59 Å². The van der Waals surface area contributed by atoms with Gasteiger partial charge in [-0.25, -0.2) is 4.79 Å². The van der Waals surface area contributed by atoms with Crippen LogP contribution in [0.2, 0.25) is 0 Å². The highest BCUT2D eigenvalue weighted by Gasteiger charge is 2.21. The van der Waals surface area contributed by atoms with E-state index in [2.05, 4.69) is 22.5 Å². The zero-order valence-electron chi connectivity index (χ0n) is 15.8. The van der Waals surface area contributed by atoms with Crippen molar-refractivity contribution in [3.05, 3.63) is 51.7 Å². The maximum atomic E-state index is 12.4. The van der Waals surface area contributed by atoms with Crippen LogP contribution in [-0.4, -0.2) is 61.0 Å². The molecule has 144 valence electrons. The molecule has 2 heterocycles. The van der Waals surface area contributed by atoms with Gasteiger partial charge in [-0.1, -0.05) is 6.07 Å². The number of nitrogens with zero attached hydrogens (tertiary/aromatic N) is 2. The molecule has 0 aliphatic carbocycles. The Morgan fingerprint density at radius 1 is 1.07 bits per heavy atom. The highest BCUT2D eigenvalue weighted by Crippen LogP contribution is 2.15. The predicted molar refractivity (Wildman–Crippen MR) is 110 cm³/mol. The maximum Gasteiger partial charge on any atom is 0.321 e. The zero-order chi connectivity index (χ0) is 19.2. The third-order valence-electron chi connectivity index (χ3n) is 4.91. The molecule has 3 rings (SSSR count). The Balaban J connectivity index is 1.38. The Kier molecular flexibility index (Phi) is 6.47. The topological polar surface area (TPSA) is 64.7 Å². The largest absolute Gasteiger partial charge is 0.351 e. The van der Waals surface area contributed by atoms with Crippen LogP contribution < -0.4 is 10.6 Å². The first-order valence-electron chi connectivity index (χ1n) is 9.19. The number of thiophene rings is 1. The molecule has 1 saturated heterocycles. The summed E-state index contributed by atoms with van der Waals surface area (Å²) < 4.78 is 0. The van der Waals surface area contributed by atoms with Gasteiger partial charge in [-0.15, -0.1) is 0 Å². The standard InChI is InChI=1S/C20H26N4O2S/c1-15-3-4-18(13-16(15)2)22-20(26)24-10-8-23(9-11-24)7-6-21-19(25)17-5-12-27-14-17/h3-5,12-14H,6-11H2,1-2H3,(H,21,25)(H,22,26). The molecule has 1 fully saturated rings. The second kappa shape index (κ2) is 9.01. The number of benzene rings is 1. The molecular weight excluding hydrogens is 360 g/mol. The monoisotopic (exact) mass is 386 g/mol. The number of urea groups is 1. The third-order valence-corrected chi connectivity index (χ3v) is 5.60. The van der Waals surface area contributed by atoms with Gasteiger partial charge in [0.25, 0.3) is 5.91 Å². The summed E-state index contributed by atoms with van der Waals surface area (Å²) in [6.07, 6.45) is 0. The van der Waals surface area contributed by atoms with Gasteiger partial charge in [0.2, 0.25) is 0 Å². The summed E-state index contributed by atoms with van der Waals surface area (Å²) in [5.74, 6) is -0.0253. The van der Waals surface area contributed by atoms with Crippen molar-refractivity contribution in [3.63, 3.8) is 0 Å². The summed E-state index contributed by atoms with van der Waals surface area (Å²) in [6.45, 7) is 8.52. The Morgan fingerprint density at radius 3 is 2.52 bits per heavy atom. The van der Waals surface area contributed by atoms with Gasteiger partial charge in [0.1, 0.15) is 0 Å². The molecule has 0 radical (unpaired) electrons. The number of carbonyl (C=O) groups excluding carboxylic acids is 2. The minimum atomic E-state index is -0.0522. The summed E-state index contributed by atoms with van der Waals surface area (Å²) in [4.78, 5) is 28.5. The SMILES string of the molecule is Cc1ccc(NC(=O)N2CCN(CCNC(=O)c3ccsc3)CC2)cc1C. The highest BCUT2D eigenvalue weighted by atomic mass is 32.1. The van der Waals surface area contributed by atoms with Crippen LogP contribution in [0.3, 0.4) is 0 Å². The fraction of sp³-hybridized carbons (Fsp3) is 0.400. The second-order valence-electron chi connectivity index (χ2n) is 6.83. The molecule has 0 spiro atoms. The molecular formula is C20H26N4O2S. The van der Waals surface area contributed by atoms with Crippen LogP contribution in [0.4, 0.5) is 10.5 Å². The van der Waals surface area contributed by atoms with E-state index in [1.807, 2.05) is 46.8 Å². The summed E-state index contributed by atoms with van der Waals surface area (Å²) in [6, 6.07) is 7.73. The number of hydrogen-bond acceptors (Lipinski definition) is 4. The van der Waals surface area contributed by atoms with Crippen LogP contribution in [0.1, 0.15) is 21.5 Å². The minimum absolute atomic E-state index is 0.0253. The fourth-order valence-electron chi connectivity index (χ4n) is 3.02. The van der Waals surface area contributed by atoms with Crippen LogP contribution in [-0.2, 0) is 0 Å². The van der Waals surface area contributed by atoms with E-state index in [1.54, 1.807) is 0 Å². The molecule has 2 aromatic rings. The molecule has 2 N–H and O–H groups in total. The van der Waals surface area contributed by atoms with E-state index >= 15 is 0 Å². The first-order valence-corrected chi connectivity index (χ1v) is 10.1. The molecule has 27 heavy (non-hydrogen) atoms. The first kappa shape index (κ1) is 19.4. The lowest BCUT2D eigenvalue weighted by Crippen LogP contribution is -2.51. The molecule has 1 aliphatic heterocycles. The molecule has 7 heteroatoms. The number of nitrogens with one attached hydrogen (secondary N) is 2. The normalized spacial score (nSPS) is 14.8. The number of hydrogen-bond donors (Lipinski definition) is 2. The van der Waals surface area contributed by atoms with Gasteiger partial charge in [0.05, 0.1) is 0 Å². The van der Waals surface area contributed by atoms with E-state index in [-0.39, 0.29) is 11.9 Å². The summed E-state index contributed by atoms with van der Waals surface area (Å²) >= 11 is 1.52. The Hall–Kier alpha value is -2.38. The minimum Gasteiger partial charge on any atom is -0.351 e. The van der Waals surface area contributed by atoms with Crippen LogP contribution in [0, 0.1) is 13.8 Å². The first-order chi connectivity index (χ1) is 13.0. The van der Waals surface area contributed by atoms with Crippen LogP contribution >= 0.6 is 11.3 Å². The molecule has 0 atom stereocenters. The number of amides is 3. The van der Waals surface area contributed by atoms with Crippen molar-refractivity contribution in [1.82, 2.24) is 15.1 Å². The van der Waals surface area contributed by atoms with Crippen LogP contribution in [0.15, 0.2) is 35.0 Å². The highest BCUT2D eigenvalue weighted by molar-refractivity contribution is 7.08. The van der Waals surface area contributed by atoms with E-state index in [0.29, 0.717) is 25.2 Å². The van der Waals surface area contributed by atoms with Crippen molar-refractivity contribution >= 4 is 29.0 Å². The summed E-state index contributed by atoms with van der Waals surface area (Å²) in [5.41, 5.74) is 3.93. The number of carbonyl (C=O) groups is 2. The van der Waals surface area contributed by atoms with Crippen molar-refractivity contribution in [1.29, 1.82) is 0 Å². The average molecular weight is 387 g/mol. The Bertz CT molecular complexity index is 783. The smallest absolute Gasteiger partial charge is 0.321 e. The van der Waals surface area contributed by atoms with Crippen molar-refractivity contribution in [2.75, 3.05) is 44.6 Å². The van der Waals surface area contributed by atoms with Gasteiger partial charge in [-0.3, -0.25) is 9.69 Å². The van der Waals surface area contributed by atoms with E-state index < -0.39 is 0 Å². The van der Waals surface area contributed by atoms with E-state index in [9.17, 15) is 9.59 Å². The van der Waals surface area contributed by atoms with E-state index in [0.717, 1.165) is 25.3 Å². The lowest BCUT2D eigenvalue weighted by Gasteiger charge is -2.34. The van der Waals surface area contributed by atoms with Gasteiger partial charge in [-0.05, 0) is 48.6 Å². The van der Waals surface area contributed by atoms with Crippen LogP contribution in [0.5, 0.6) is 0 Å². The van der Waals surface area contributed by atoms with Gasteiger partial charge < -0.3 is 15.5 Å². The average Bonchev–Trinajstić information content (AvgIpc) is 3.20. The molecule has 6 nitrogen and oxygen atoms in total. The summed E-state index contributed by atoms with van der Waals surface area (Å²) in [5, 5.41) is 9.67. The van der Waals surface area contributed by atoms with Gasteiger partial charge in [-0.2, -0.15) is 11.3 Å². The zero-order valence-corrected chi connectivity index (χ0v) is 16.6. The van der Waals surface area contributed by atoms with Gasteiger partial charge in [0, 0.05) is 55.9 Å². The number of anilines is 1. The molecule has 1 aromatic carbocycles. The molecule has 3 amide bonds. The molecule has 1 aliphatic rings. The molecule has 1 aromatic heterocycles. The van der Waals surface area contributed by atoms with Gasteiger partial charge >= 0.3 is 6.03 Å². The second-order valence-corrected chi connectivity index (χ2v) is 7.61. The molecule has 0 saturated carbocycles. The number of rotatable bonds is 5. The van der Waals surface area contributed by atoms with Crippen molar-refractivity contribution in [2.24, 2.45) is 0 Å². The van der Waals surface area contributed by atoms with E-state index in [4.69, 9.17) is 0 Å².